The molecular weight excluding hydrogens is 408 g/mol. The van der Waals surface area contributed by atoms with E-state index in [1.165, 1.54) is 0 Å². The Morgan fingerprint density at radius 2 is 1.84 bits per heavy atom. The quantitative estimate of drug-likeness (QED) is 0.761. The molecule has 3 heterocycles. The number of nitrogens with one attached hydrogen (secondary N) is 2. The van der Waals surface area contributed by atoms with Crippen LogP contribution in [-0.4, -0.2) is 66.2 Å². The lowest BCUT2D eigenvalue weighted by Gasteiger charge is -2.37. The van der Waals surface area contributed by atoms with Crippen LogP contribution in [0.25, 0.3) is 11.4 Å². The van der Waals surface area contributed by atoms with Gasteiger partial charge >= 0.3 is 6.03 Å². The molecule has 9 nitrogen and oxygen atoms in total. The summed E-state index contributed by atoms with van der Waals surface area (Å²) in [5.41, 5.74) is 3.58. The Balaban J connectivity index is 1.71. The summed E-state index contributed by atoms with van der Waals surface area (Å²) in [5, 5.41) is 5.52. The highest BCUT2D eigenvalue weighted by Crippen LogP contribution is 2.35. The predicted molar refractivity (Wildman–Crippen MR) is 123 cm³/mol. The summed E-state index contributed by atoms with van der Waals surface area (Å²) in [7, 11) is 0. The van der Waals surface area contributed by atoms with Gasteiger partial charge in [-0.3, -0.25) is 4.79 Å². The molecule has 1 aromatic carbocycles. The third kappa shape index (κ3) is 4.52. The molecule has 170 valence electrons. The SMILES string of the molecule is CCNC(=O)Nc1ccc(-c2nc3c(c(N4CCOCC4)n2)CCN(C(C)=O)[C@@H]3C)cc1. The van der Waals surface area contributed by atoms with Crippen molar-refractivity contribution in [3.8, 4) is 11.4 Å². The van der Waals surface area contributed by atoms with Gasteiger partial charge in [-0.05, 0) is 44.5 Å². The number of ether oxygens (including phenoxy) is 1. The van der Waals surface area contributed by atoms with E-state index in [2.05, 4.69) is 15.5 Å². The van der Waals surface area contributed by atoms with Crippen molar-refractivity contribution in [1.29, 1.82) is 0 Å². The Morgan fingerprint density at radius 1 is 1.12 bits per heavy atom. The van der Waals surface area contributed by atoms with Crippen LogP contribution < -0.4 is 15.5 Å². The first kappa shape index (κ1) is 22.0. The number of carbonyl (C=O) groups is 2. The van der Waals surface area contributed by atoms with Gasteiger partial charge in [-0.1, -0.05) is 0 Å². The Kier molecular flexibility index (Phi) is 6.55. The third-order valence-corrected chi connectivity index (χ3v) is 5.94. The second kappa shape index (κ2) is 9.52. The minimum atomic E-state index is -0.238. The number of aromatic nitrogens is 2. The maximum atomic E-state index is 12.1. The lowest BCUT2D eigenvalue weighted by atomic mass is 9.98. The topological polar surface area (TPSA) is 99.7 Å². The maximum Gasteiger partial charge on any atom is 0.319 e. The van der Waals surface area contributed by atoms with Crippen LogP contribution in [0.5, 0.6) is 0 Å². The highest BCUT2D eigenvalue weighted by atomic mass is 16.5. The zero-order chi connectivity index (χ0) is 22.7. The van der Waals surface area contributed by atoms with E-state index in [9.17, 15) is 9.59 Å². The largest absolute Gasteiger partial charge is 0.378 e. The first-order chi connectivity index (χ1) is 15.5. The van der Waals surface area contributed by atoms with Crippen molar-refractivity contribution in [1.82, 2.24) is 20.2 Å². The molecule has 1 atom stereocenters. The van der Waals surface area contributed by atoms with E-state index in [-0.39, 0.29) is 18.0 Å². The van der Waals surface area contributed by atoms with Crippen LogP contribution in [0, 0.1) is 0 Å². The molecule has 2 aliphatic rings. The number of rotatable bonds is 4. The number of hydrogen-bond donors (Lipinski definition) is 2. The molecule has 2 N–H and O–H groups in total. The van der Waals surface area contributed by atoms with Crippen LogP contribution in [0.1, 0.15) is 38.1 Å². The molecule has 0 radical (unpaired) electrons. The van der Waals surface area contributed by atoms with Gasteiger partial charge in [0.05, 0.1) is 24.9 Å². The van der Waals surface area contributed by atoms with Gasteiger partial charge in [0, 0.05) is 49.9 Å². The van der Waals surface area contributed by atoms with Gasteiger partial charge in [-0.25, -0.2) is 14.8 Å². The van der Waals surface area contributed by atoms with Gasteiger partial charge in [-0.2, -0.15) is 0 Å². The molecule has 1 saturated heterocycles. The number of urea groups is 1. The molecule has 0 unspecified atom stereocenters. The Labute approximate surface area is 188 Å². The molecule has 0 spiro atoms. The standard InChI is InChI=1S/C23H30N6O3/c1-4-24-23(31)25-18-7-5-17(6-8-18)21-26-20-15(2)29(16(3)30)10-9-19(20)22(27-21)28-11-13-32-14-12-28/h5-8,15H,4,9-14H2,1-3H3,(H2,24,25,31)/t15-/m1/s1. The van der Waals surface area contributed by atoms with Gasteiger partial charge in [0.25, 0.3) is 0 Å². The fourth-order valence-corrected chi connectivity index (χ4v) is 4.28. The molecule has 32 heavy (non-hydrogen) atoms. The van der Waals surface area contributed by atoms with Gasteiger partial charge in [0.15, 0.2) is 5.82 Å². The summed E-state index contributed by atoms with van der Waals surface area (Å²) < 4.78 is 5.53. The Hall–Kier alpha value is -3.20. The van der Waals surface area contributed by atoms with Crippen molar-refractivity contribution >= 4 is 23.4 Å². The summed E-state index contributed by atoms with van der Waals surface area (Å²) in [6.45, 7) is 9.64. The fraction of sp³-hybridized carbons (Fsp3) is 0.478. The zero-order valence-electron chi connectivity index (χ0n) is 18.9. The summed E-state index contributed by atoms with van der Waals surface area (Å²) in [6, 6.07) is 7.14. The van der Waals surface area contributed by atoms with Crippen molar-refractivity contribution in [2.45, 2.75) is 33.2 Å². The molecule has 1 fully saturated rings. The monoisotopic (exact) mass is 438 g/mol. The van der Waals surface area contributed by atoms with E-state index in [0.717, 1.165) is 42.1 Å². The molecule has 4 rings (SSSR count). The average Bonchev–Trinajstić information content (AvgIpc) is 2.80. The average molecular weight is 439 g/mol. The van der Waals surface area contributed by atoms with Crippen LogP contribution >= 0.6 is 0 Å². The van der Waals surface area contributed by atoms with Gasteiger partial charge < -0.3 is 25.2 Å². The molecule has 2 aliphatic heterocycles. The summed E-state index contributed by atoms with van der Waals surface area (Å²) in [4.78, 5) is 37.9. The first-order valence-electron chi connectivity index (χ1n) is 11.1. The van der Waals surface area contributed by atoms with Crippen LogP contribution in [0.15, 0.2) is 24.3 Å². The van der Waals surface area contributed by atoms with E-state index in [4.69, 9.17) is 14.7 Å². The molecule has 0 aliphatic carbocycles. The molecule has 3 amide bonds. The number of carbonyl (C=O) groups excluding carboxylic acids is 2. The lowest BCUT2D eigenvalue weighted by molar-refractivity contribution is -0.131. The van der Waals surface area contributed by atoms with E-state index >= 15 is 0 Å². The number of amides is 3. The van der Waals surface area contributed by atoms with Crippen molar-refractivity contribution in [3.05, 3.63) is 35.5 Å². The molecule has 1 aromatic heterocycles. The number of fused-ring (bicyclic) bond motifs is 1. The molecule has 2 aromatic rings. The Bertz CT molecular complexity index is 988. The highest BCUT2D eigenvalue weighted by Gasteiger charge is 2.32. The Morgan fingerprint density at radius 3 is 2.50 bits per heavy atom. The normalized spacial score (nSPS) is 18.2. The van der Waals surface area contributed by atoms with E-state index in [0.29, 0.717) is 37.8 Å². The number of morpholine rings is 1. The van der Waals surface area contributed by atoms with Crippen molar-refractivity contribution < 1.29 is 14.3 Å². The summed E-state index contributed by atoms with van der Waals surface area (Å²) in [5.74, 6) is 1.61. The van der Waals surface area contributed by atoms with Crippen LogP contribution in [0.4, 0.5) is 16.3 Å². The van der Waals surface area contributed by atoms with Gasteiger partial charge in [0.2, 0.25) is 5.91 Å². The van der Waals surface area contributed by atoms with Crippen molar-refractivity contribution in [2.24, 2.45) is 0 Å². The smallest absolute Gasteiger partial charge is 0.319 e. The van der Waals surface area contributed by atoms with E-state index in [1.807, 2.05) is 43.0 Å². The highest BCUT2D eigenvalue weighted by molar-refractivity contribution is 5.89. The van der Waals surface area contributed by atoms with Gasteiger partial charge in [0.1, 0.15) is 5.82 Å². The number of nitrogens with zero attached hydrogens (tertiary/aromatic N) is 4. The molecular formula is C23H30N6O3. The van der Waals surface area contributed by atoms with E-state index < -0.39 is 0 Å². The predicted octanol–water partition coefficient (Wildman–Crippen LogP) is 2.59. The maximum absolute atomic E-state index is 12.1. The lowest BCUT2D eigenvalue weighted by Crippen LogP contribution is -2.41. The second-order valence-corrected chi connectivity index (χ2v) is 8.03. The third-order valence-electron chi connectivity index (χ3n) is 5.94. The summed E-state index contributed by atoms with van der Waals surface area (Å²) >= 11 is 0. The second-order valence-electron chi connectivity index (χ2n) is 8.03. The molecule has 0 saturated carbocycles. The fourth-order valence-electron chi connectivity index (χ4n) is 4.28. The number of hydrogen-bond acceptors (Lipinski definition) is 6. The zero-order valence-corrected chi connectivity index (χ0v) is 18.9. The minimum absolute atomic E-state index is 0.0528. The van der Waals surface area contributed by atoms with Crippen LogP contribution in [-0.2, 0) is 16.0 Å². The molecule has 0 bridgehead atoms. The minimum Gasteiger partial charge on any atom is -0.378 e. The van der Waals surface area contributed by atoms with E-state index in [1.54, 1.807) is 6.92 Å². The van der Waals surface area contributed by atoms with Crippen molar-refractivity contribution in [2.75, 3.05) is 49.6 Å². The van der Waals surface area contributed by atoms with Crippen LogP contribution in [0.3, 0.4) is 0 Å². The van der Waals surface area contributed by atoms with Gasteiger partial charge in [-0.15, -0.1) is 0 Å². The number of anilines is 2. The van der Waals surface area contributed by atoms with Crippen molar-refractivity contribution in [3.63, 3.8) is 0 Å². The first-order valence-corrected chi connectivity index (χ1v) is 11.1. The summed E-state index contributed by atoms with van der Waals surface area (Å²) in [6.07, 6.45) is 0.738. The number of benzene rings is 1. The molecule has 9 heteroatoms. The van der Waals surface area contributed by atoms with Crippen LogP contribution in [0.2, 0.25) is 0 Å².